The second-order valence-corrected chi connectivity index (χ2v) is 5.85. The Kier molecular flexibility index (Phi) is 8.39. The van der Waals surface area contributed by atoms with E-state index in [0.717, 1.165) is 0 Å². The Balaban J connectivity index is 4.80. The lowest BCUT2D eigenvalue weighted by Gasteiger charge is -2.33. The molecule has 0 rings (SSSR count). The number of carbonyl (C=O) groups is 2. The molecule has 1 unspecified atom stereocenters. The number of nitriles is 1. The molecule has 2 amide bonds. The number of hydrogen-bond donors (Lipinski definition) is 2. The molecule has 0 aliphatic heterocycles. The highest BCUT2D eigenvalue weighted by Gasteiger charge is 2.29. The number of ether oxygens (including phenoxy) is 1. The first-order valence-corrected chi connectivity index (χ1v) is 6.85. The minimum Gasteiger partial charge on any atom is -0.481 e. The number of nitrogens with one attached hydrogen (secondary N) is 1. The summed E-state index contributed by atoms with van der Waals surface area (Å²) in [4.78, 5) is 24.6. The Labute approximate surface area is 125 Å². The average molecular weight is 299 g/mol. The summed E-state index contributed by atoms with van der Waals surface area (Å²) >= 11 is 0. The van der Waals surface area contributed by atoms with Crippen LogP contribution in [0, 0.1) is 16.7 Å². The summed E-state index contributed by atoms with van der Waals surface area (Å²) in [7, 11) is 1.53. The maximum Gasteiger partial charge on any atom is 0.317 e. The van der Waals surface area contributed by atoms with Gasteiger partial charge in [0.05, 0.1) is 25.5 Å². The molecular weight excluding hydrogens is 274 g/mol. The van der Waals surface area contributed by atoms with Crippen LogP contribution in [0.2, 0.25) is 0 Å². The van der Waals surface area contributed by atoms with E-state index in [1.54, 1.807) is 0 Å². The number of hydrogen-bond acceptors (Lipinski definition) is 4. The zero-order valence-corrected chi connectivity index (χ0v) is 13.2. The fourth-order valence-electron chi connectivity index (χ4n) is 1.69. The molecule has 0 heterocycles. The monoisotopic (exact) mass is 299 g/mol. The predicted molar refractivity (Wildman–Crippen MR) is 77.7 cm³/mol. The molecule has 0 radical (unpaired) electrons. The first kappa shape index (κ1) is 19.2. The Morgan fingerprint density at radius 1 is 1.38 bits per heavy atom. The number of nitrogens with zero attached hydrogens (tertiary/aromatic N) is 2. The van der Waals surface area contributed by atoms with Gasteiger partial charge in [-0.3, -0.25) is 4.79 Å². The first-order valence-electron chi connectivity index (χ1n) is 6.85. The minimum absolute atomic E-state index is 0.147. The Hall–Kier alpha value is -1.81. The molecule has 0 aliphatic rings. The van der Waals surface area contributed by atoms with Crippen molar-refractivity contribution in [3.8, 4) is 6.07 Å². The zero-order chi connectivity index (χ0) is 16.5. The van der Waals surface area contributed by atoms with Crippen molar-refractivity contribution in [2.75, 3.05) is 26.8 Å². The smallest absolute Gasteiger partial charge is 0.317 e. The van der Waals surface area contributed by atoms with E-state index in [0.29, 0.717) is 13.2 Å². The molecule has 0 aromatic rings. The maximum absolute atomic E-state index is 12.3. The standard InChI is InChI=1S/C14H25N3O4/c1-14(2,3)11(10-12(18)19)16-13(20)17(7-5-6-15)8-9-21-4/h11H,5,7-10H2,1-4H3,(H,16,20)(H,18,19). The molecule has 2 N–H and O–H groups in total. The lowest BCUT2D eigenvalue weighted by molar-refractivity contribution is -0.138. The van der Waals surface area contributed by atoms with Crippen LogP contribution in [-0.4, -0.2) is 54.9 Å². The van der Waals surface area contributed by atoms with Crippen molar-refractivity contribution in [3.63, 3.8) is 0 Å². The van der Waals surface area contributed by atoms with Gasteiger partial charge in [0.25, 0.3) is 0 Å². The maximum atomic E-state index is 12.3. The van der Waals surface area contributed by atoms with Crippen molar-refractivity contribution in [2.24, 2.45) is 5.41 Å². The number of amides is 2. The number of aliphatic carboxylic acids is 1. The van der Waals surface area contributed by atoms with Crippen LogP contribution in [0.3, 0.4) is 0 Å². The molecule has 0 aliphatic carbocycles. The summed E-state index contributed by atoms with van der Waals surface area (Å²) in [6.45, 7) is 6.61. The SMILES string of the molecule is COCCN(CCC#N)C(=O)NC(CC(=O)O)C(C)(C)C. The number of carbonyl (C=O) groups excluding carboxylic acids is 1. The highest BCUT2D eigenvalue weighted by molar-refractivity contribution is 5.76. The Morgan fingerprint density at radius 3 is 2.43 bits per heavy atom. The highest BCUT2D eigenvalue weighted by Crippen LogP contribution is 2.22. The third-order valence-electron chi connectivity index (χ3n) is 3.07. The van der Waals surface area contributed by atoms with E-state index >= 15 is 0 Å². The molecule has 0 saturated heterocycles. The summed E-state index contributed by atoms with van der Waals surface area (Å²) in [5.41, 5.74) is -0.379. The van der Waals surface area contributed by atoms with Crippen LogP contribution in [0.4, 0.5) is 4.79 Å². The van der Waals surface area contributed by atoms with E-state index in [-0.39, 0.29) is 30.8 Å². The van der Waals surface area contributed by atoms with Crippen molar-refractivity contribution in [2.45, 2.75) is 39.7 Å². The van der Waals surface area contributed by atoms with Gasteiger partial charge >= 0.3 is 12.0 Å². The Bertz CT molecular complexity index is 385. The first-order chi connectivity index (χ1) is 9.72. The molecule has 0 bridgehead atoms. The number of carboxylic acids is 1. The van der Waals surface area contributed by atoms with Crippen LogP contribution < -0.4 is 5.32 Å². The number of rotatable bonds is 8. The van der Waals surface area contributed by atoms with Crippen molar-refractivity contribution in [3.05, 3.63) is 0 Å². The van der Waals surface area contributed by atoms with Gasteiger partial charge in [-0.15, -0.1) is 0 Å². The van der Waals surface area contributed by atoms with Gasteiger partial charge in [-0.1, -0.05) is 20.8 Å². The van der Waals surface area contributed by atoms with Crippen LogP contribution in [0.15, 0.2) is 0 Å². The van der Waals surface area contributed by atoms with E-state index in [9.17, 15) is 9.59 Å². The molecule has 7 heteroatoms. The molecular formula is C14H25N3O4. The van der Waals surface area contributed by atoms with Gasteiger partial charge in [0.1, 0.15) is 0 Å². The van der Waals surface area contributed by atoms with Gasteiger partial charge < -0.3 is 20.1 Å². The Morgan fingerprint density at radius 2 is 2.00 bits per heavy atom. The topological polar surface area (TPSA) is 103 Å². The molecule has 120 valence electrons. The second-order valence-electron chi connectivity index (χ2n) is 5.85. The van der Waals surface area contributed by atoms with Crippen LogP contribution in [0.1, 0.15) is 33.6 Å². The van der Waals surface area contributed by atoms with Gasteiger partial charge in [0, 0.05) is 26.2 Å². The van der Waals surface area contributed by atoms with Crippen molar-refractivity contribution in [1.82, 2.24) is 10.2 Å². The molecule has 1 atom stereocenters. The fourth-order valence-corrected chi connectivity index (χ4v) is 1.69. The van der Waals surface area contributed by atoms with E-state index in [4.69, 9.17) is 15.1 Å². The third-order valence-corrected chi connectivity index (χ3v) is 3.07. The van der Waals surface area contributed by atoms with Crippen LogP contribution >= 0.6 is 0 Å². The summed E-state index contributed by atoms with van der Waals surface area (Å²) in [5.74, 6) is -0.962. The van der Waals surface area contributed by atoms with E-state index in [2.05, 4.69) is 5.32 Å². The summed E-state index contributed by atoms with van der Waals surface area (Å²) in [6, 6.07) is 1.13. The molecule has 21 heavy (non-hydrogen) atoms. The summed E-state index contributed by atoms with van der Waals surface area (Å²) in [5, 5.41) is 20.3. The van der Waals surface area contributed by atoms with Crippen LogP contribution in [-0.2, 0) is 9.53 Å². The molecule has 0 aromatic carbocycles. The lowest BCUT2D eigenvalue weighted by atomic mass is 9.85. The van der Waals surface area contributed by atoms with E-state index in [1.165, 1.54) is 12.0 Å². The van der Waals surface area contributed by atoms with Crippen LogP contribution in [0.5, 0.6) is 0 Å². The van der Waals surface area contributed by atoms with E-state index in [1.807, 2.05) is 26.8 Å². The van der Waals surface area contributed by atoms with Gasteiger partial charge in [-0.05, 0) is 5.41 Å². The largest absolute Gasteiger partial charge is 0.481 e. The molecule has 0 saturated carbocycles. The van der Waals surface area contributed by atoms with Gasteiger partial charge in [0.15, 0.2) is 0 Å². The number of urea groups is 1. The zero-order valence-electron chi connectivity index (χ0n) is 13.2. The third kappa shape index (κ3) is 8.15. The quantitative estimate of drug-likeness (QED) is 0.706. The van der Waals surface area contributed by atoms with Gasteiger partial charge in [-0.2, -0.15) is 5.26 Å². The van der Waals surface area contributed by atoms with Gasteiger partial charge in [0.2, 0.25) is 0 Å². The number of methoxy groups -OCH3 is 1. The second kappa shape index (κ2) is 9.19. The number of carboxylic acid groups (broad SMARTS) is 1. The normalized spacial score (nSPS) is 12.3. The highest BCUT2D eigenvalue weighted by atomic mass is 16.5. The lowest BCUT2D eigenvalue weighted by Crippen LogP contribution is -2.51. The van der Waals surface area contributed by atoms with Crippen molar-refractivity contribution >= 4 is 12.0 Å². The molecule has 7 nitrogen and oxygen atoms in total. The molecule has 0 spiro atoms. The van der Waals surface area contributed by atoms with Crippen LogP contribution in [0.25, 0.3) is 0 Å². The summed E-state index contributed by atoms with van der Waals surface area (Å²) < 4.78 is 4.94. The van der Waals surface area contributed by atoms with E-state index < -0.39 is 12.0 Å². The summed E-state index contributed by atoms with van der Waals surface area (Å²) in [6.07, 6.45) is 0.0713. The van der Waals surface area contributed by atoms with Crippen molar-refractivity contribution < 1.29 is 19.4 Å². The van der Waals surface area contributed by atoms with Crippen molar-refractivity contribution in [1.29, 1.82) is 5.26 Å². The molecule has 0 fully saturated rings. The fraction of sp³-hybridized carbons (Fsp3) is 0.786. The van der Waals surface area contributed by atoms with Gasteiger partial charge in [-0.25, -0.2) is 4.79 Å². The average Bonchev–Trinajstić information content (AvgIpc) is 2.36. The minimum atomic E-state index is -0.962. The molecule has 0 aromatic heterocycles. The predicted octanol–water partition coefficient (Wildman–Crippen LogP) is 1.45.